The van der Waals surface area contributed by atoms with Gasteiger partial charge < -0.3 is 15.7 Å². The van der Waals surface area contributed by atoms with Crippen LogP contribution in [0.1, 0.15) is 5.56 Å². The smallest absolute Gasteiger partial charge is 0.416 e. The number of carbonyl (C=O) groups excluding carboxylic acids is 1. The summed E-state index contributed by atoms with van der Waals surface area (Å²) in [7, 11) is 0. The van der Waals surface area contributed by atoms with Crippen LogP contribution in [0.25, 0.3) is 10.8 Å². The molecule has 0 bridgehead atoms. The Morgan fingerprint density at radius 3 is 2.19 bits per heavy atom. The van der Waals surface area contributed by atoms with Gasteiger partial charge in [0.25, 0.3) is 0 Å². The van der Waals surface area contributed by atoms with Crippen LogP contribution in [0.4, 0.5) is 29.3 Å². The van der Waals surface area contributed by atoms with Crippen molar-refractivity contribution in [3.8, 4) is 5.75 Å². The van der Waals surface area contributed by atoms with Gasteiger partial charge in [-0.2, -0.15) is 13.2 Å². The fraction of sp³-hybridized carbons (Fsp3) is 0.0556. The van der Waals surface area contributed by atoms with Crippen LogP contribution in [-0.2, 0) is 6.18 Å². The number of carbonyl (C=O) groups is 1. The fourth-order valence-corrected chi connectivity index (χ4v) is 3.07. The molecule has 0 aromatic heterocycles. The number of phenols is 1. The highest BCUT2D eigenvalue weighted by Crippen LogP contribution is 2.38. The average Bonchev–Trinajstić information content (AvgIpc) is 2.58. The Morgan fingerprint density at radius 1 is 0.889 bits per heavy atom. The lowest BCUT2D eigenvalue weighted by Gasteiger charge is -2.14. The highest BCUT2D eigenvalue weighted by molar-refractivity contribution is 6.41. The number of halogens is 5. The molecule has 0 radical (unpaired) electrons. The number of phenolic OH excluding ortho intramolecular Hbond substituents is 1. The Balaban J connectivity index is 1.85. The van der Waals surface area contributed by atoms with Crippen molar-refractivity contribution in [2.24, 2.45) is 0 Å². The summed E-state index contributed by atoms with van der Waals surface area (Å²) in [6.45, 7) is 0. The molecule has 0 spiro atoms. The molecule has 0 heterocycles. The molecule has 0 saturated carbocycles. The fourth-order valence-electron chi connectivity index (χ4n) is 2.48. The quantitative estimate of drug-likeness (QED) is 0.447. The molecule has 0 saturated heterocycles. The van der Waals surface area contributed by atoms with E-state index in [1.165, 1.54) is 18.2 Å². The Hall–Kier alpha value is -2.64. The first kappa shape index (κ1) is 19.1. The third-order valence-electron chi connectivity index (χ3n) is 3.73. The second-order valence-electron chi connectivity index (χ2n) is 5.60. The Labute approximate surface area is 161 Å². The zero-order valence-electron chi connectivity index (χ0n) is 13.4. The van der Waals surface area contributed by atoms with E-state index in [0.717, 1.165) is 24.3 Å². The maximum Gasteiger partial charge on any atom is 0.416 e. The molecule has 3 N–H and O–H groups in total. The molecule has 140 valence electrons. The van der Waals surface area contributed by atoms with Crippen LogP contribution in [0.3, 0.4) is 0 Å². The molecular formula is C18H11Cl2F3N2O2. The van der Waals surface area contributed by atoms with Gasteiger partial charge in [-0.15, -0.1) is 0 Å². The number of anilines is 2. The summed E-state index contributed by atoms with van der Waals surface area (Å²) in [4.78, 5) is 12.2. The molecule has 4 nitrogen and oxygen atoms in total. The molecule has 0 aliphatic heterocycles. The number of hydrogen-bond donors (Lipinski definition) is 3. The van der Waals surface area contributed by atoms with Crippen molar-refractivity contribution in [2.75, 3.05) is 10.6 Å². The largest absolute Gasteiger partial charge is 0.508 e. The first-order chi connectivity index (χ1) is 12.6. The zero-order valence-corrected chi connectivity index (χ0v) is 14.9. The van der Waals surface area contributed by atoms with Crippen molar-refractivity contribution in [3.05, 3.63) is 64.1 Å². The molecule has 0 aliphatic rings. The van der Waals surface area contributed by atoms with E-state index in [2.05, 4.69) is 10.6 Å². The number of rotatable bonds is 2. The molecule has 3 aromatic rings. The SMILES string of the molecule is O=C(Nc1ccc(C(F)(F)F)cc1)Nc1c(Cl)cc(Cl)c2ccc(O)cc12. The van der Waals surface area contributed by atoms with Crippen LogP contribution in [0.5, 0.6) is 5.75 Å². The van der Waals surface area contributed by atoms with Crippen LogP contribution in [0.2, 0.25) is 10.0 Å². The highest BCUT2D eigenvalue weighted by Gasteiger charge is 2.30. The summed E-state index contributed by atoms with van der Waals surface area (Å²) in [6.07, 6.45) is -4.46. The van der Waals surface area contributed by atoms with E-state index in [1.807, 2.05) is 0 Å². The van der Waals surface area contributed by atoms with Crippen LogP contribution < -0.4 is 10.6 Å². The Bertz CT molecular complexity index is 1020. The number of nitrogens with one attached hydrogen (secondary N) is 2. The predicted octanol–water partition coefficient (Wildman–Crippen LogP) is 6.52. The van der Waals surface area contributed by atoms with E-state index in [0.29, 0.717) is 15.8 Å². The molecule has 3 rings (SSSR count). The van der Waals surface area contributed by atoms with E-state index in [9.17, 15) is 23.1 Å². The Morgan fingerprint density at radius 2 is 1.56 bits per heavy atom. The lowest BCUT2D eigenvalue weighted by molar-refractivity contribution is -0.137. The standard InChI is InChI=1S/C18H11Cl2F3N2O2/c19-14-8-15(20)16(13-7-11(26)5-6-12(13)14)25-17(27)24-10-3-1-9(2-4-10)18(21,22)23/h1-8,26H,(H2,24,25,27). The van der Waals surface area contributed by atoms with Gasteiger partial charge in [-0.25, -0.2) is 4.79 Å². The number of hydrogen-bond acceptors (Lipinski definition) is 2. The van der Waals surface area contributed by atoms with E-state index >= 15 is 0 Å². The van der Waals surface area contributed by atoms with E-state index in [4.69, 9.17) is 23.2 Å². The van der Waals surface area contributed by atoms with Crippen molar-refractivity contribution >= 4 is 51.4 Å². The number of amides is 2. The van der Waals surface area contributed by atoms with Crippen LogP contribution in [0, 0.1) is 0 Å². The molecule has 2 amide bonds. The van der Waals surface area contributed by atoms with Crippen LogP contribution >= 0.6 is 23.2 Å². The summed E-state index contributed by atoms with van der Waals surface area (Å²) >= 11 is 12.3. The summed E-state index contributed by atoms with van der Waals surface area (Å²) in [5, 5.41) is 16.1. The maximum atomic E-state index is 12.6. The maximum absolute atomic E-state index is 12.6. The van der Waals surface area contributed by atoms with Crippen molar-refractivity contribution in [1.29, 1.82) is 0 Å². The molecule has 0 aliphatic carbocycles. The third-order valence-corrected chi connectivity index (χ3v) is 4.34. The van der Waals surface area contributed by atoms with Gasteiger partial charge in [-0.1, -0.05) is 23.2 Å². The van der Waals surface area contributed by atoms with Gasteiger partial charge in [-0.05, 0) is 48.5 Å². The minimum absolute atomic E-state index is 0.0490. The minimum atomic E-state index is -4.46. The summed E-state index contributed by atoms with van der Waals surface area (Å²) in [5.41, 5.74) is -0.454. The van der Waals surface area contributed by atoms with Crippen LogP contribution in [-0.4, -0.2) is 11.1 Å². The van der Waals surface area contributed by atoms with Gasteiger partial charge >= 0.3 is 12.2 Å². The zero-order chi connectivity index (χ0) is 19.8. The minimum Gasteiger partial charge on any atom is -0.508 e. The molecule has 3 aromatic carbocycles. The van der Waals surface area contributed by atoms with E-state index in [1.54, 1.807) is 6.07 Å². The number of aromatic hydroxyl groups is 1. The number of alkyl halides is 3. The van der Waals surface area contributed by atoms with Crippen molar-refractivity contribution in [3.63, 3.8) is 0 Å². The summed E-state index contributed by atoms with van der Waals surface area (Å²) < 4.78 is 37.7. The van der Waals surface area contributed by atoms with Gasteiger partial charge in [-0.3, -0.25) is 0 Å². The third kappa shape index (κ3) is 4.20. The molecule has 9 heteroatoms. The first-order valence-electron chi connectivity index (χ1n) is 7.51. The molecule has 27 heavy (non-hydrogen) atoms. The van der Waals surface area contributed by atoms with Gasteiger partial charge in [0.1, 0.15) is 5.75 Å². The van der Waals surface area contributed by atoms with Gasteiger partial charge in [0, 0.05) is 16.5 Å². The summed E-state index contributed by atoms with van der Waals surface area (Å²) in [6, 6.07) is 9.11. The summed E-state index contributed by atoms with van der Waals surface area (Å²) in [5.74, 6) is -0.0490. The van der Waals surface area contributed by atoms with Crippen LogP contribution in [0.15, 0.2) is 48.5 Å². The molecule has 0 fully saturated rings. The second-order valence-corrected chi connectivity index (χ2v) is 6.41. The highest BCUT2D eigenvalue weighted by atomic mass is 35.5. The Kier molecular flexibility index (Phi) is 5.08. The van der Waals surface area contributed by atoms with Gasteiger partial charge in [0.15, 0.2) is 0 Å². The second kappa shape index (κ2) is 7.17. The number of benzene rings is 3. The average molecular weight is 415 g/mol. The molecular weight excluding hydrogens is 404 g/mol. The number of fused-ring (bicyclic) bond motifs is 1. The van der Waals surface area contributed by atoms with Gasteiger partial charge in [0.2, 0.25) is 0 Å². The molecule has 0 atom stereocenters. The first-order valence-corrected chi connectivity index (χ1v) is 8.27. The lowest BCUT2D eigenvalue weighted by atomic mass is 10.1. The van der Waals surface area contributed by atoms with Crippen molar-refractivity contribution < 1.29 is 23.1 Å². The lowest BCUT2D eigenvalue weighted by Crippen LogP contribution is -2.20. The van der Waals surface area contributed by atoms with Gasteiger partial charge in [0.05, 0.1) is 21.3 Å². The van der Waals surface area contributed by atoms with Crippen molar-refractivity contribution in [1.82, 2.24) is 0 Å². The molecule has 0 unspecified atom stereocenters. The normalized spacial score (nSPS) is 11.4. The predicted molar refractivity (Wildman–Crippen MR) is 99.7 cm³/mol. The topological polar surface area (TPSA) is 61.4 Å². The monoisotopic (exact) mass is 414 g/mol. The number of urea groups is 1. The van der Waals surface area contributed by atoms with E-state index in [-0.39, 0.29) is 22.1 Å². The van der Waals surface area contributed by atoms with Crippen molar-refractivity contribution in [2.45, 2.75) is 6.18 Å². The van der Waals surface area contributed by atoms with E-state index < -0.39 is 17.8 Å².